The van der Waals surface area contributed by atoms with Crippen molar-refractivity contribution in [2.75, 3.05) is 6.61 Å². The van der Waals surface area contributed by atoms with Crippen LogP contribution >= 0.6 is 12.4 Å². The summed E-state index contributed by atoms with van der Waals surface area (Å²) in [6.07, 6.45) is 0. The molecule has 0 fully saturated rings. The molecule has 2 N–H and O–H groups in total. The number of esters is 1. The monoisotopic (exact) mass is 293 g/mol. The molecule has 0 heterocycles. The fraction of sp³-hybridized carbons (Fsp3) is 0.462. The van der Waals surface area contributed by atoms with Crippen molar-refractivity contribution in [1.82, 2.24) is 0 Å². The summed E-state index contributed by atoms with van der Waals surface area (Å²) in [5.41, 5.74) is 7.10. The Kier molecular flexibility index (Phi) is 6.39. The largest absolute Gasteiger partial charge is 0.462 e. The topological polar surface area (TPSA) is 52.3 Å². The number of hydrogen-bond acceptors (Lipinski definition) is 3. The van der Waals surface area contributed by atoms with E-state index in [0.717, 1.165) is 0 Å². The highest BCUT2D eigenvalue weighted by Gasteiger charge is 2.48. The van der Waals surface area contributed by atoms with Crippen molar-refractivity contribution >= 4 is 18.4 Å². The van der Waals surface area contributed by atoms with Gasteiger partial charge in [-0.1, -0.05) is 18.2 Å². The van der Waals surface area contributed by atoms with Gasteiger partial charge in [0.15, 0.2) is 0 Å². The van der Waals surface area contributed by atoms with Crippen molar-refractivity contribution in [2.24, 2.45) is 5.73 Å². The normalized spacial score (nSPS) is 12.5. The molecule has 0 saturated carbocycles. The number of halogens is 3. The van der Waals surface area contributed by atoms with E-state index in [9.17, 15) is 13.6 Å². The van der Waals surface area contributed by atoms with Crippen LogP contribution in [0.5, 0.6) is 0 Å². The van der Waals surface area contributed by atoms with Crippen LogP contribution in [0.2, 0.25) is 0 Å². The van der Waals surface area contributed by atoms with Crippen molar-refractivity contribution in [3.63, 3.8) is 0 Å². The number of alkyl halides is 2. The van der Waals surface area contributed by atoms with Crippen molar-refractivity contribution in [3.8, 4) is 0 Å². The van der Waals surface area contributed by atoms with Crippen molar-refractivity contribution < 1.29 is 18.3 Å². The summed E-state index contributed by atoms with van der Waals surface area (Å²) in [7, 11) is 0. The Bertz CT molecular complexity index is 432. The van der Waals surface area contributed by atoms with Gasteiger partial charge in [-0.15, -0.1) is 12.4 Å². The maximum atomic E-state index is 13.8. The SMILES string of the molecule is CCOC(=O)C(F)(F)[C@H](N)c1c(C)cccc1C.Cl. The Hall–Kier alpha value is -1.20. The summed E-state index contributed by atoms with van der Waals surface area (Å²) in [4.78, 5) is 11.2. The van der Waals surface area contributed by atoms with Crippen LogP contribution in [0.4, 0.5) is 8.78 Å². The molecular formula is C13H18ClF2NO2. The third kappa shape index (κ3) is 3.64. The van der Waals surface area contributed by atoms with Gasteiger partial charge in [-0.05, 0) is 37.5 Å². The molecule has 0 unspecified atom stereocenters. The van der Waals surface area contributed by atoms with E-state index in [1.807, 2.05) is 0 Å². The Balaban J connectivity index is 0.00000324. The van der Waals surface area contributed by atoms with E-state index < -0.39 is 17.9 Å². The number of benzene rings is 1. The van der Waals surface area contributed by atoms with Gasteiger partial charge in [-0.3, -0.25) is 0 Å². The maximum absolute atomic E-state index is 13.8. The summed E-state index contributed by atoms with van der Waals surface area (Å²) < 4.78 is 32.0. The Labute approximate surface area is 117 Å². The van der Waals surface area contributed by atoms with Crippen LogP contribution < -0.4 is 5.73 Å². The lowest BCUT2D eigenvalue weighted by Crippen LogP contribution is -2.42. The van der Waals surface area contributed by atoms with Crippen LogP contribution in [0.3, 0.4) is 0 Å². The van der Waals surface area contributed by atoms with Crippen molar-refractivity contribution in [2.45, 2.75) is 32.7 Å². The van der Waals surface area contributed by atoms with Gasteiger partial charge in [0.2, 0.25) is 0 Å². The van der Waals surface area contributed by atoms with Crippen LogP contribution in [-0.4, -0.2) is 18.5 Å². The zero-order chi connectivity index (χ0) is 13.9. The summed E-state index contributed by atoms with van der Waals surface area (Å²) in [6, 6.07) is 3.42. The highest BCUT2D eigenvalue weighted by Crippen LogP contribution is 2.33. The van der Waals surface area contributed by atoms with Gasteiger partial charge in [-0.2, -0.15) is 8.78 Å². The van der Waals surface area contributed by atoms with Gasteiger partial charge in [0.25, 0.3) is 0 Å². The third-order valence-corrected chi connectivity index (χ3v) is 2.79. The van der Waals surface area contributed by atoms with E-state index in [2.05, 4.69) is 4.74 Å². The molecule has 6 heteroatoms. The minimum absolute atomic E-state index is 0. The van der Waals surface area contributed by atoms with Gasteiger partial charge >= 0.3 is 11.9 Å². The number of ether oxygens (including phenoxy) is 1. The first-order valence-corrected chi connectivity index (χ1v) is 5.69. The molecule has 0 saturated heterocycles. The third-order valence-electron chi connectivity index (χ3n) is 2.79. The lowest BCUT2D eigenvalue weighted by Gasteiger charge is -2.24. The number of carbonyl (C=O) groups excluding carboxylic acids is 1. The van der Waals surface area contributed by atoms with Gasteiger partial charge in [0, 0.05) is 0 Å². The number of hydrogen-bond donors (Lipinski definition) is 1. The molecule has 0 aliphatic rings. The van der Waals surface area contributed by atoms with E-state index in [1.165, 1.54) is 6.92 Å². The molecule has 0 aromatic heterocycles. The second kappa shape index (κ2) is 6.82. The lowest BCUT2D eigenvalue weighted by atomic mass is 9.93. The van der Waals surface area contributed by atoms with E-state index in [1.54, 1.807) is 32.0 Å². The Morgan fingerprint density at radius 3 is 2.26 bits per heavy atom. The van der Waals surface area contributed by atoms with Gasteiger partial charge < -0.3 is 10.5 Å². The summed E-state index contributed by atoms with van der Waals surface area (Å²) in [5, 5.41) is 0. The summed E-state index contributed by atoms with van der Waals surface area (Å²) >= 11 is 0. The average molecular weight is 294 g/mol. The smallest absolute Gasteiger partial charge is 0.379 e. The molecule has 19 heavy (non-hydrogen) atoms. The average Bonchev–Trinajstić information content (AvgIpc) is 2.28. The minimum atomic E-state index is -3.73. The fourth-order valence-corrected chi connectivity index (χ4v) is 1.85. The summed E-state index contributed by atoms with van der Waals surface area (Å²) in [5.74, 6) is -5.31. The first-order valence-electron chi connectivity index (χ1n) is 5.69. The van der Waals surface area contributed by atoms with E-state index in [4.69, 9.17) is 5.73 Å². The highest BCUT2D eigenvalue weighted by atomic mass is 35.5. The molecule has 0 aliphatic carbocycles. The number of rotatable bonds is 4. The molecule has 1 aromatic carbocycles. The second-order valence-corrected chi connectivity index (χ2v) is 4.13. The molecule has 1 rings (SSSR count). The first kappa shape index (κ1) is 17.8. The zero-order valence-corrected chi connectivity index (χ0v) is 11.9. The maximum Gasteiger partial charge on any atom is 0.379 e. The van der Waals surface area contributed by atoms with Gasteiger partial charge in [-0.25, -0.2) is 4.79 Å². The molecule has 0 radical (unpaired) electrons. The molecule has 108 valence electrons. The van der Waals surface area contributed by atoms with E-state index in [0.29, 0.717) is 11.1 Å². The zero-order valence-electron chi connectivity index (χ0n) is 11.1. The first-order chi connectivity index (χ1) is 8.32. The summed E-state index contributed by atoms with van der Waals surface area (Å²) in [6.45, 7) is 4.74. The van der Waals surface area contributed by atoms with Gasteiger partial charge in [0.05, 0.1) is 6.61 Å². The molecule has 0 spiro atoms. The van der Waals surface area contributed by atoms with Crippen LogP contribution in [0.1, 0.15) is 29.7 Å². The number of carbonyl (C=O) groups is 1. The molecule has 0 aliphatic heterocycles. The quantitative estimate of drug-likeness (QED) is 0.869. The van der Waals surface area contributed by atoms with Crippen LogP contribution in [-0.2, 0) is 9.53 Å². The number of nitrogens with two attached hydrogens (primary N) is 1. The van der Waals surface area contributed by atoms with Crippen molar-refractivity contribution in [1.29, 1.82) is 0 Å². The van der Waals surface area contributed by atoms with Crippen molar-refractivity contribution in [3.05, 3.63) is 34.9 Å². The van der Waals surface area contributed by atoms with Crippen LogP contribution in [0, 0.1) is 13.8 Å². The molecule has 1 aromatic rings. The second-order valence-electron chi connectivity index (χ2n) is 4.13. The fourth-order valence-electron chi connectivity index (χ4n) is 1.85. The van der Waals surface area contributed by atoms with Crippen LogP contribution in [0.15, 0.2) is 18.2 Å². The van der Waals surface area contributed by atoms with E-state index in [-0.39, 0.29) is 24.6 Å². The Morgan fingerprint density at radius 2 is 1.84 bits per heavy atom. The molecule has 3 nitrogen and oxygen atoms in total. The lowest BCUT2D eigenvalue weighted by molar-refractivity contribution is -0.174. The standard InChI is InChI=1S/C13H17F2NO2.ClH/c1-4-18-12(17)13(14,15)11(16)10-8(2)6-5-7-9(10)3;/h5-7,11H,4,16H2,1-3H3;1H/t11-;/m1./s1. The number of aryl methyl sites for hydroxylation is 2. The van der Waals surface area contributed by atoms with E-state index >= 15 is 0 Å². The molecule has 1 atom stereocenters. The predicted molar refractivity (Wildman–Crippen MR) is 71.7 cm³/mol. The molecule has 0 amide bonds. The minimum Gasteiger partial charge on any atom is -0.462 e. The van der Waals surface area contributed by atoms with Crippen LogP contribution in [0.25, 0.3) is 0 Å². The predicted octanol–water partition coefficient (Wildman–Crippen LogP) is 2.92. The molecular weight excluding hydrogens is 276 g/mol. The molecule has 0 bridgehead atoms. The van der Waals surface area contributed by atoms with Gasteiger partial charge in [0.1, 0.15) is 6.04 Å². The highest BCUT2D eigenvalue weighted by molar-refractivity contribution is 5.85. The Morgan fingerprint density at radius 1 is 1.37 bits per heavy atom.